The molecule has 0 aromatic heterocycles. The van der Waals surface area contributed by atoms with Crippen LogP contribution in [0.2, 0.25) is 0 Å². The molecule has 17 atom stereocenters. The van der Waals surface area contributed by atoms with Gasteiger partial charge in [-0.05, 0) is 70.6 Å². The highest BCUT2D eigenvalue weighted by atomic mass is 16.8. The molecule has 1 amide bonds. The first-order valence-electron chi connectivity index (χ1n) is 38.9. The lowest BCUT2D eigenvalue weighted by molar-refractivity contribution is -0.379. The topological polar surface area (TPSA) is 307 Å². The highest BCUT2D eigenvalue weighted by molar-refractivity contribution is 5.76. The molecule has 0 saturated carbocycles. The number of nitrogens with one attached hydrogen (secondary N) is 1. The third kappa shape index (κ3) is 38.7. The molecular weight excluding hydrogens is 1230 g/mol. The second-order valence-corrected chi connectivity index (χ2v) is 27.8. The van der Waals surface area contributed by atoms with Crippen LogP contribution in [0.4, 0.5) is 0 Å². The second-order valence-electron chi connectivity index (χ2n) is 27.8. The van der Waals surface area contributed by atoms with E-state index in [1.807, 2.05) is 6.08 Å². The fourth-order valence-electron chi connectivity index (χ4n) is 13.0. The van der Waals surface area contributed by atoms with Crippen LogP contribution in [0.25, 0.3) is 0 Å². The summed E-state index contributed by atoms with van der Waals surface area (Å²) in [5, 5.41) is 121. The van der Waals surface area contributed by atoms with Gasteiger partial charge in [0.2, 0.25) is 5.91 Å². The quantitative estimate of drug-likeness (QED) is 0.0199. The molecule has 0 aromatic rings. The van der Waals surface area contributed by atoms with Crippen LogP contribution < -0.4 is 5.32 Å². The highest BCUT2D eigenvalue weighted by Crippen LogP contribution is 2.33. The van der Waals surface area contributed by atoms with Gasteiger partial charge in [-0.1, -0.05) is 274 Å². The van der Waals surface area contributed by atoms with Crippen molar-refractivity contribution >= 4 is 5.91 Å². The number of aliphatic hydroxyl groups is 11. The standard InChI is InChI=1S/C77H141NO18/c1-3-5-7-9-11-13-15-17-19-21-23-24-25-26-27-28-29-30-31-32-33-34-35-36-37-38-40-42-44-46-48-50-52-54-61(82)60(78-65(83)55-53-51-49-47-45-43-41-39-22-20-18-16-14-12-10-8-6-4-2)59-91-75-71(89)68(86)73(63(57-80)93-75)96-77-72(90)69(87)74(64(58-81)94-77)95-76-70(88)67(85)66(84)62(56-79)92-76/h20,22,37-38,44,46,52,54,60-64,66-77,79-82,84-90H,3-19,21,23-36,39-43,45,47-51,53,55-59H2,1-2H3,(H,78,83)/b22-20-,38-37+,46-44+,54-52+. The van der Waals surface area contributed by atoms with Gasteiger partial charge in [0.15, 0.2) is 18.9 Å². The molecule has 0 aliphatic carbocycles. The number of unbranched alkanes of at least 4 members (excludes halogenated alkanes) is 39. The number of hydrogen-bond acceptors (Lipinski definition) is 18. The Morgan fingerprint density at radius 1 is 0.365 bits per heavy atom. The van der Waals surface area contributed by atoms with Gasteiger partial charge in [-0.2, -0.15) is 0 Å². The number of allylic oxidation sites excluding steroid dienone is 7. The Morgan fingerprint density at radius 3 is 1.04 bits per heavy atom. The van der Waals surface area contributed by atoms with Crippen molar-refractivity contribution in [3.8, 4) is 0 Å². The van der Waals surface area contributed by atoms with Crippen LogP contribution in [0.3, 0.4) is 0 Å². The first kappa shape index (κ1) is 88.0. The summed E-state index contributed by atoms with van der Waals surface area (Å²) >= 11 is 0. The number of hydrogen-bond donors (Lipinski definition) is 12. The van der Waals surface area contributed by atoms with Crippen LogP contribution in [0.1, 0.15) is 303 Å². The minimum Gasteiger partial charge on any atom is -0.394 e. The van der Waals surface area contributed by atoms with Gasteiger partial charge in [-0.25, -0.2) is 0 Å². The number of carbonyl (C=O) groups is 1. The van der Waals surface area contributed by atoms with E-state index >= 15 is 0 Å². The van der Waals surface area contributed by atoms with Crippen LogP contribution in [0.15, 0.2) is 48.6 Å². The normalized spacial score (nSPS) is 27.3. The predicted octanol–water partition coefficient (Wildman–Crippen LogP) is 12.1. The van der Waals surface area contributed by atoms with E-state index in [2.05, 4.69) is 55.6 Å². The van der Waals surface area contributed by atoms with Gasteiger partial charge < -0.3 is 89.9 Å². The summed E-state index contributed by atoms with van der Waals surface area (Å²) < 4.78 is 34.4. The predicted molar refractivity (Wildman–Crippen MR) is 379 cm³/mol. The number of carbonyl (C=O) groups excluding carboxylic acids is 1. The van der Waals surface area contributed by atoms with E-state index in [9.17, 15) is 61.0 Å². The Hall–Kier alpha value is -2.25. The molecule has 3 rings (SSSR count). The maximum atomic E-state index is 13.4. The zero-order valence-electron chi connectivity index (χ0n) is 59.9. The van der Waals surface area contributed by atoms with Crippen molar-refractivity contribution in [3.05, 3.63) is 48.6 Å². The van der Waals surface area contributed by atoms with Gasteiger partial charge in [0.1, 0.15) is 73.2 Å². The molecule has 3 aliphatic heterocycles. The van der Waals surface area contributed by atoms with Crippen molar-refractivity contribution in [3.63, 3.8) is 0 Å². The Kier molecular flexibility index (Phi) is 53.4. The maximum absolute atomic E-state index is 13.4. The molecule has 12 N–H and O–H groups in total. The fourth-order valence-corrected chi connectivity index (χ4v) is 13.0. The Labute approximate surface area is 580 Å². The first-order chi connectivity index (χ1) is 46.8. The SMILES string of the molecule is CCCCCCCCC/C=C\CCCCCCCCCC(=O)NC(COC1OC(CO)C(OC2OC(CO)C(OC3OC(CO)C(O)C(O)C3O)C(O)C2O)C(O)C1O)C(O)/C=C/CC/C=C/CC/C=C/CCCCCCCCCCCCCCCCCCCCCCCCC. The van der Waals surface area contributed by atoms with Crippen LogP contribution in [-0.4, -0.2) is 193 Å². The first-order valence-corrected chi connectivity index (χ1v) is 38.9. The average Bonchev–Trinajstić information content (AvgIpc) is 0.798. The summed E-state index contributed by atoms with van der Waals surface area (Å²) in [7, 11) is 0. The van der Waals surface area contributed by atoms with Crippen LogP contribution in [0, 0.1) is 0 Å². The fraction of sp³-hybridized carbons (Fsp3) is 0.883. The van der Waals surface area contributed by atoms with E-state index in [-0.39, 0.29) is 18.9 Å². The van der Waals surface area contributed by atoms with E-state index < -0.39 is 124 Å². The third-order valence-corrected chi connectivity index (χ3v) is 19.3. The number of aliphatic hydroxyl groups excluding tert-OH is 11. The maximum Gasteiger partial charge on any atom is 0.220 e. The van der Waals surface area contributed by atoms with E-state index in [4.69, 9.17) is 28.4 Å². The Morgan fingerprint density at radius 2 is 0.667 bits per heavy atom. The Balaban J connectivity index is 1.39. The van der Waals surface area contributed by atoms with E-state index in [1.165, 1.54) is 212 Å². The van der Waals surface area contributed by atoms with Crippen molar-refractivity contribution in [2.24, 2.45) is 0 Å². The molecule has 19 heteroatoms. The van der Waals surface area contributed by atoms with Gasteiger partial charge in [0.05, 0.1) is 38.6 Å². The minimum atomic E-state index is -1.98. The number of amides is 1. The summed E-state index contributed by atoms with van der Waals surface area (Å²) in [4.78, 5) is 13.4. The largest absolute Gasteiger partial charge is 0.394 e. The lowest BCUT2D eigenvalue weighted by Gasteiger charge is -2.48. The zero-order chi connectivity index (χ0) is 69.6. The van der Waals surface area contributed by atoms with E-state index in [0.29, 0.717) is 12.8 Å². The molecule has 0 aromatic carbocycles. The molecule has 96 heavy (non-hydrogen) atoms. The minimum absolute atomic E-state index is 0.227. The molecule has 17 unspecified atom stereocenters. The molecule has 3 saturated heterocycles. The summed E-state index contributed by atoms with van der Waals surface area (Å²) in [6.45, 7) is 1.73. The molecule has 3 fully saturated rings. The van der Waals surface area contributed by atoms with Crippen molar-refractivity contribution in [1.29, 1.82) is 0 Å². The van der Waals surface area contributed by atoms with E-state index in [1.54, 1.807) is 6.08 Å². The highest BCUT2D eigenvalue weighted by Gasteiger charge is 2.53. The monoisotopic (exact) mass is 1370 g/mol. The lowest BCUT2D eigenvalue weighted by atomic mass is 9.96. The van der Waals surface area contributed by atoms with Gasteiger partial charge in [0.25, 0.3) is 0 Å². The van der Waals surface area contributed by atoms with Crippen molar-refractivity contribution < 1.29 is 89.4 Å². The van der Waals surface area contributed by atoms with Crippen LogP contribution in [-0.2, 0) is 33.2 Å². The van der Waals surface area contributed by atoms with E-state index in [0.717, 1.165) is 57.8 Å². The zero-order valence-corrected chi connectivity index (χ0v) is 59.9. The second kappa shape index (κ2) is 58.3. The third-order valence-electron chi connectivity index (χ3n) is 19.3. The molecule has 0 bridgehead atoms. The average molecular weight is 1370 g/mol. The van der Waals surface area contributed by atoms with Crippen molar-refractivity contribution in [2.75, 3.05) is 26.4 Å². The molecule has 562 valence electrons. The smallest absolute Gasteiger partial charge is 0.220 e. The van der Waals surface area contributed by atoms with Crippen molar-refractivity contribution in [2.45, 2.75) is 407 Å². The molecule has 0 spiro atoms. The molecular formula is C77H141NO18. The molecule has 19 nitrogen and oxygen atoms in total. The summed E-state index contributed by atoms with van der Waals surface area (Å²) in [5.41, 5.74) is 0. The summed E-state index contributed by atoms with van der Waals surface area (Å²) in [5.74, 6) is -0.292. The van der Waals surface area contributed by atoms with Crippen LogP contribution >= 0.6 is 0 Å². The lowest BCUT2D eigenvalue weighted by Crippen LogP contribution is -2.66. The van der Waals surface area contributed by atoms with Gasteiger partial charge in [-0.15, -0.1) is 0 Å². The molecule has 3 heterocycles. The number of rotatable bonds is 61. The number of ether oxygens (including phenoxy) is 6. The molecule has 3 aliphatic rings. The molecule has 0 radical (unpaired) electrons. The van der Waals surface area contributed by atoms with Gasteiger partial charge in [0, 0.05) is 6.42 Å². The Bertz CT molecular complexity index is 1930. The van der Waals surface area contributed by atoms with Crippen LogP contribution in [0.5, 0.6) is 0 Å². The summed E-state index contributed by atoms with van der Waals surface area (Å²) in [6, 6.07) is -1.00. The van der Waals surface area contributed by atoms with Gasteiger partial charge in [-0.3, -0.25) is 4.79 Å². The summed E-state index contributed by atoms with van der Waals surface area (Å²) in [6.07, 6.45) is 45.4. The van der Waals surface area contributed by atoms with Gasteiger partial charge >= 0.3 is 0 Å². The van der Waals surface area contributed by atoms with Crippen molar-refractivity contribution in [1.82, 2.24) is 5.32 Å².